The van der Waals surface area contributed by atoms with Crippen LogP contribution in [0.1, 0.15) is 273 Å². The maximum Gasteiger partial charge on any atom is 0.305 e. The molecular formula is C100H126N16O13S4. The van der Waals surface area contributed by atoms with E-state index in [4.69, 9.17) is 29.7 Å². The Hall–Kier alpha value is -11.3. The first kappa shape index (κ1) is 99.2. The highest BCUT2D eigenvalue weighted by Crippen LogP contribution is 2.34. The van der Waals surface area contributed by atoms with E-state index in [1.807, 2.05) is 185 Å². The van der Waals surface area contributed by atoms with E-state index in [9.17, 15) is 43.2 Å². The number of imidazole rings is 4. The van der Waals surface area contributed by atoms with Gasteiger partial charge in [0.2, 0.25) is 23.8 Å². The first-order valence-electron chi connectivity index (χ1n) is 47.0. The molecule has 0 saturated heterocycles. The van der Waals surface area contributed by atoms with Crippen molar-refractivity contribution in [2.75, 3.05) is 83.5 Å². The zero-order valence-corrected chi connectivity index (χ0v) is 80.5. The van der Waals surface area contributed by atoms with Gasteiger partial charge in [0.05, 0.1) is 70.8 Å². The molecule has 6 N–H and O–H groups in total. The number of esters is 1. The minimum absolute atomic E-state index is 0.00494. The summed E-state index contributed by atoms with van der Waals surface area (Å²) in [5.41, 5.74) is 8.72. The number of methoxy groups -OCH3 is 2. The smallest absolute Gasteiger partial charge is 0.305 e. The van der Waals surface area contributed by atoms with Crippen molar-refractivity contribution >= 4 is 167 Å². The maximum atomic E-state index is 13.2. The standard InChI is InChI=1S/C27H34N4O4S.C25H32N4O3S.2C24H30N4O3S/c1-30(20-10-5-3-6-11-20)26(34)19-14-15-22-21(18-19)28-27(29-25(33)23-12-9-17-36-23)31(22)16-8-4-7-13-24(32)35-2;1-28(19-9-4-2-5-10-19)24(32)18-12-13-21-20(17-18)26-25(29(21)14-6-3-7-15-30)27-23(31)22-11-8-16-33-22;1-27(18-8-4-3-5-9-18)23(30)17-11-12-20-19(16-17)25-24(28(20)13-7-14-31-2)26-22(29)21-10-6-15-32-21;1-27(18-8-3-2-4-9-18)23(31)17-11-12-20-19(16-17)25-24(28(20)13-5-6-14-29)26-22(30)21-10-7-15-32-21/h9,12,14-15,17-18,20H,3-8,10-11,13,16H2,1-2H3,(H,28,29,33);8,11-13,16-17,19,30H,2-7,9-10,14-15H2,1H3,(H,26,27,31);6,10-12,15-16,18H,3-5,7-9,13-14H2,1-2H3,(H,25,26,29);7,10-12,15-16,18,29H,2-6,8-9,13-14H2,1H3,(H,25,26,30). The zero-order valence-electron chi connectivity index (χ0n) is 77.2. The Morgan fingerprint density at radius 3 is 0.850 bits per heavy atom. The van der Waals surface area contributed by atoms with Crippen molar-refractivity contribution in [3.05, 3.63) is 185 Å². The quantitative estimate of drug-likeness (QED) is 0.0159. The molecule has 4 aliphatic rings. The second-order valence-electron chi connectivity index (χ2n) is 34.7. The van der Waals surface area contributed by atoms with Crippen LogP contribution in [-0.2, 0) is 40.4 Å². The molecule has 33 heteroatoms. The van der Waals surface area contributed by atoms with E-state index in [1.165, 1.54) is 130 Å². The summed E-state index contributed by atoms with van der Waals surface area (Å²) in [5, 5.41) is 37.5. The number of thiophene rings is 4. The lowest BCUT2D eigenvalue weighted by Crippen LogP contribution is -2.38. The summed E-state index contributed by atoms with van der Waals surface area (Å²) in [5.74, 6) is 0.961. The average Bonchev–Trinajstić information content (AvgIpc) is 1.66. The number of benzene rings is 4. The van der Waals surface area contributed by atoms with Crippen molar-refractivity contribution < 1.29 is 62.8 Å². The number of aliphatic hydroxyl groups excluding tert-OH is 2. The fourth-order valence-corrected chi connectivity index (χ4v) is 20.6. The Kier molecular flexibility index (Phi) is 37.0. The van der Waals surface area contributed by atoms with Crippen LogP contribution in [-0.4, -0.2) is 208 Å². The number of aromatic nitrogens is 8. The summed E-state index contributed by atoms with van der Waals surface area (Å²) in [6.45, 7) is 3.48. The number of hydrogen-bond acceptors (Lipinski definition) is 21. The van der Waals surface area contributed by atoms with Gasteiger partial charge in [-0.2, -0.15) is 0 Å². The predicted octanol–water partition coefficient (Wildman–Crippen LogP) is 19.7. The van der Waals surface area contributed by atoms with Crippen LogP contribution in [0.5, 0.6) is 0 Å². The van der Waals surface area contributed by atoms with Crippen molar-refractivity contribution in [1.29, 1.82) is 0 Å². The summed E-state index contributed by atoms with van der Waals surface area (Å²) >= 11 is 5.52. The number of ether oxygens (including phenoxy) is 2. The summed E-state index contributed by atoms with van der Waals surface area (Å²) in [7, 11) is 10.7. The molecule has 4 aromatic carbocycles. The Balaban J connectivity index is 0.000000151. The summed E-state index contributed by atoms with van der Waals surface area (Å²) in [6, 6.07) is 38.1. The molecule has 12 aromatic rings. The van der Waals surface area contributed by atoms with E-state index in [-0.39, 0.29) is 72.5 Å². The molecule has 0 unspecified atom stereocenters. The first-order valence-corrected chi connectivity index (χ1v) is 50.5. The third-order valence-corrected chi connectivity index (χ3v) is 29.2. The molecule has 4 aliphatic carbocycles. The lowest BCUT2D eigenvalue weighted by molar-refractivity contribution is -0.140. The number of carbonyl (C=O) groups is 9. The Bertz CT molecular complexity index is 5670. The van der Waals surface area contributed by atoms with Crippen LogP contribution in [0.2, 0.25) is 0 Å². The van der Waals surface area contributed by atoms with Gasteiger partial charge in [-0.05, 0) is 221 Å². The molecule has 16 rings (SSSR count). The van der Waals surface area contributed by atoms with Crippen molar-refractivity contribution in [1.82, 2.24) is 57.8 Å². The van der Waals surface area contributed by atoms with Crippen LogP contribution < -0.4 is 21.3 Å². The van der Waals surface area contributed by atoms with Gasteiger partial charge in [-0.15, -0.1) is 45.3 Å². The van der Waals surface area contributed by atoms with Crippen LogP contribution in [0.15, 0.2) is 143 Å². The van der Waals surface area contributed by atoms with E-state index in [0.29, 0.717) is 151 Å². The second-order valence-corrected chi connectivity index (χ2v) is 38.5. The number of carbonyl (C=O) groups excluding carboxylic acids is 9. The van der Waals surface area contributed by atoms with Crippen molar-refractivity contribution in [2.45, 2.75) is 243 Å². The van der Waals surface area contributed by atoms with Crippen LogP contribution in [0, 0.1) is 0 Å². The molecule has 0 spiro atoms. The number of rotatable bonds is 35. The molecule has 0 atom stereocenters. The van der Waals surface area contributed by atoms with Gasteiger partial charge in [0.1, 0.15) is 0 Å². The average molecular weight is 1890 g/mol. The van der Waals surface area contributed by atoms with Gasteiger partial charge in [0.25, 0.3) is 47.3 Å². The molecular weight excluding hydrogens is 1760 g/mol. The molecule has 0 radical (unpaired) electrons. The number of anilines is 4. The first-order chi connectivity index (χ1) is 64.7. The van der Waals surface area contributed by atoms with Gasteiger partial charge in [-0.3, -0.25) is 64.4 Å². The molecule has 0 bridgehead atoms. The van der Waals surface area contributed by atoms with E-state index < -0.39 is 0 Å². The molecule has 0 aliphatic heterocycles. The zero-order chi connectivity index (χ0) is 93.7. The molecule has 4 fully saturated rings. The Morgan fingerprint density at radius 2 is 0.602 bits per heavy atom. The highest BCUT2D eigenvalue weighted by Gasteiger charge is 2.31. The molecule has 133 heavy (non-hydrogen) atoms. The summed E-state index contributed by atoms with van der Waals surface area (Å²) in [6.07, 6.45) is 30.4. The van der Waals surface area contributed by atoms with Gasteiger partial charge in [-0.1, -0.05) is 108 Å². The van der Waals surface area contributed by atoms with Crippen LogP contribution in [0.4, 0.5) is 23.8 Å². The monoisotopic (exact) mass is 1890 g/mol. The normalized spacial score (nSPS) is 14.4. The van der Waals surface area contributed by atoms with E-state index >= 15 is 0 Å². The van der Waals surface area contributed by atoms with E-state index in [1.54, 1.807) is 31.4 Å². The second kappa shape index (κ2) is 49.6. The third kappa shape index (κ3) is 26.2. The number of amides is 8. The van der Waals surface area contributed by atoms with Crippen LogP contribution in [0.3, 0.4) is 0 Å². The van der Waals surface area contributed by atoms with Gasteiger partial charge in [-0.25, -0.2) is 19.9 Å². The molecule has 8 amide bonds. The van der Waals surface area contributed by atoms with Crippen LogP contribution in [0.25, 0.3) is 44.1 Å². The fourth-order valence-electron chi connectivity index (χ4n) is 18.1. The SMILES string of the molecule is CN(C(=O)c1ccc2c(c1)nc(NC(=O)c1cccs1)n2CCCCCO)C1CCCCC1.CN(C(=O)c1ccc2c(c1)nc(NC(=O)c1cccs1)n2CCCCO)C1CCCCC1.COC(=O)CCCCCn1c(NC(=O)c2cccs2)nc2cc(C(=O)N(C)C3CCCCC3)ccc21.COCCCn1c(NC(=O)c2cccs2)nc2cc(C(=O)N(C)C3CCCCC3)ccc21. The number of fused-ring (bicyclic) bond motifs is 4. The molecule has 8 aromatic heterocycles. The van der Waals surface area contributed by atoms with Crippen LogP contribution >= 0.6 is 45.3 Å². The third-order valence-electron chi connectivity index (χ3n) is 25.7. The van der Waals surface area contributed by atoms with Gasteiger partial charge < -0.3 is 57.6 Å². The number of hydrogen-bond donors (Lipinski definition) is 6. The maximum absolute atomic E-state index is 13.2. The number of aryl methyl sites for hydroxylation is 4. The molecule has 4 saturated carbocycles. The molecule has 29 nitrogen and oxygen atoms in total. The Morgan fingerprint density at radius 1 is 0.346 bits per heavy atom. The summed E-state index contributed by atoms with van der Waals surface area (Å²) in [4.78, 5) is 143. The van der Waals surface area contributed by atoms with E-state index in [0.717, 1.165) is 125 Å². The van der Waals surface area contributed by atoms with Gasteiger partial charge in [0, 0.05) is 134 Å². The largest absolute Gasteiger partial charge is 0.469 e. The van der Waals surface area contributed by atoms with Crippen molar-refractivity contribution in [3.63, 3.8) is 0 Å². The minimum atomic E-state index is -0.208. The van der Waals surface area contributed by atoms with E-state index in [2.05, 4.69) is 31.2 Å². The molecule has 8 heterocycles. The van der Waals surface area contributed by atoms with Crippen molar-refractivity contribution in [3.8, 4) is 0 Å². The number of aliphatic hydroxyl groups is 2. The Labute approximate surface area is 793 Å². The summed E-state index contributed by atoms with van der Waals surface area (Å²) < 4.78 is 17.8. The number of nitrogens with zero attached hydrogens (tertiary/aromatic N) is 12. The van der Waals surface area contributed by atoms with Crippen molar-refractivity contribution in [2.24, 2.45) is 0 Å². The lowest BCUT2D eigenvalue weighted by atomic mass is 9.94. The highest BCUT2D eigenvalue weighted by atomic mass is 32.1. The molecule has 708 valence electrons. The fraction of sp³-hybridized carbons (Fsp3) is 0.470. The van der Waals surface area contributed by atoms with Gasteiger partial charge in [0.15, 0.2) is 0 Å². The van der Waals surface area contributed by atoms with Gasteiger partial charge >= 0.3 is 5.97 Å². The topological polar surface area (TPSA) is 345 Å². The number of unbranched alkanes of at least 4 members (excludes halogenated alkanes) is 5. The number of nitrogens with one attached hydrogen (secondary N) is 4. The lowest BCUT2D eigenvalue weighted by Gasteiger charge is -2.31. The highest BCUT2D eigenvalue weighted by molar-refractivity contribution is 7.13. The minimum Gasteiger partial charge on any atom is -0.469 e. The predicted molar refractivity (Wildman–Crippen MR) is 528 cm³/mol.